The van der Waals surface area contributed by atoms with Gasteiger partial charge in [-0.3, -0.25) is 5.43 Å². The molecule has 0 bridgehead atoms. The molecule has 7 nitrogen and oxygen atoms in total. The molecule has 19 heavy (non-hydrogen) atoms. The van der Waals surface area contributed by atoms with Crippen LogP contribution in [0.25, 0.3) is 0 Å². The van der Waals surface area contributed by atoms with Crippen LogP contribution in [0.1, 0.15) is 39.0 Å². The van der Waals surface area contributed by atoms with Gasteiger partial charge in [-0.15, -0.1) is 0 Å². The van der Waals surface area contributed by atoms with Crippen LogP contribution in [-0.4, -0.2) is 34.6 Å². The zero-order chi connectivity index (χ0) is 13.7. The van der Waals surface area contributed by atoms with E-state index in [-0.39, 0.29) is 6.01 Å². The van der Waals surface area contributed by atoms with Gasteiger partial charge in [0.1, 0.15) is 0 Å². The van der Waals surface area contributed by atoms with Crippen LogP contribution in [0.15, 0.2) is 0 Å². The van der Waals surface area contributed by atoms with Crippen molar-refractivity contribution in [2.24, 2.45) is 5.84 Å². The summed E-state index contributed by atoms with van der Waals surface area (Å²) in [7, 11) is 1.54. The molecule has 0 aliphatic heterocycles. The Morgan fingerprint density at radius 3 is 2.58 bits per heavy atom. The lowest BCUT2D eigenvalue weighted by atomic mass is 9.94. The van der Waals surface area contributed by atoms with Crippen molar-refractivity contribution in [3.8, 4) is 6.01 Å². The summed E-state index contributed by atoms with van der Waals surface area (Å²) in [6.45, 7) is 2.97. The Kier molecular flexibility index (Phi) is 4.73. The second-order valence-corrected chi connectivity index (χ2v) is 4.67. The molecular formula is C12H22N6O. The molecule has 3 N–H and O–H groups in total. The van der Waals surface area contributed by atoms with Gasteiger partial charge in [0.05, 0.1) is 7.11 Å². The maximum absolute atomic E-state index is 5.39. The third kappa shape index (κ3) is 3.23. The van der Waals surface area contributed by atoms with Crippen LogP contribution in [0.2, 0.25) is 0 Å². The summed E-state index contributed by atoms with van der Waals surface area (Å²) in [5.74, 6) is 6.35. The Labute approximate surface area is 113 Å². The van der Waals surface area contributed by atoms with Crippen molar-refractivity contribution in [3.05, 3.63) is 0 Å². The number of aromatic nitrogens is 3. The molecule has 0 atom stereocenters. The minimum Gasteiger partial charge on any atom is -0.467 e. The molecule has 0 aromatic carbocycles. The third-order valence-corrected chi connectivity index (χ3v) is 3.53. The van der Waals surface area contributed by atoms with Gasteiger partial charge >= 0.3 is 6.01 Å². The normalized spacial score (nSPS) is 16.2. The number of rotatable bonds is 5. The van der Waals surface area contributed by atoms with Crippen molar-refractivity contribution < 1.29 is 4.74 Å². The number of hydrazine groups is 1. The van der Waals surface area contributed by atoms with E-state index in [1.807, 2.05) is 0 Å². The van der Waals surface area contributed by atoms with E-state index in [2.05, 4.69) is 32.2 Å². The van der Waals surface area contributed by atoms with Gasteiger partial charge in [0, 0.05) is 12.6 Å². The van der Waals surface area contributed by atoms with Gasteiger partial charge in [0.25, 0.3) is 0 Å². The molecule has 0 radical (unpaired) electrons. The number of nitrogens with zero attached hydrogens (tertiary/aromatic N) is 4. The molecule has 106 valence electrons. The highest BCUT2D eigenvalue weighted by atomic mass is 16.5. The lowest BCUT2D eigenvalue weighted by molar-refractivity contribution is 0.374. The number of nitrogen functional groups attached to an aromatic ring is 1. The molecular weight excluding hydrogens is 244 g/mol. The van der Waals surface area contributed by atoms with E-state index >= 15 is 0 Å². The fourth-order valence-electron chi connectivity index (χ4n) is 2.59. The van der Waals surface area contributed by atoms with Crippen LogP contribution in [0.4, 0.5) is 11.9 Å². The number of ether oxygens (including phenoxy) is 1. The predicted molar refractivity (Wildman–Crippen MR) is 74.1 cm³/mol. The Morgan fingerprint density at radius 1 is 1.26 bits per heavy atom. The molecule has 1 aliphatic carbocycles. The van der Waals surface area contributed by atoms with Gasteiger partial charge in [0.2, 0.25) is 11.9 Å². The number of methoxy groups -OCH3 is 1. The van der Waals surface area contributed by atoms with Crippen molar-refractivity contribution in [3.63, 3.8) is 0 Å². The van der Waals surface area contributed by atoms with E-state index in [0.717, 1.165) is 6.54 Å². The van der Waals surface area contributed by atoms with Crippen molar-refractivity contribution in [2.45, 2.75) is 45.1 Å². The van der Waals surface area contributed by atoms with Gasteiger partial charge in [-0.2, -0.15) is 15.0 Å². The summed E-state index contributed by atoms with van der Waals surface area (Å²) in [5, 5.41) is 0. The van der Waals surface area contributed by atoms with Crippen LogP contribution in [0.3, 0.4) is 0 Å². The van der Waals surface area contributed by atoms with Crippen LogP contribution >= 0.6 is 0 Å². The van der Waals surface area contributed by atoms with Gasteiger partial charge in [-0.1, -0.05) is 19.3 Å². The van der Waals surface area contributed by atoms with Gasteiger partial charge in [-0.05, 0) is 19.8 Å². The van der Waals surface area contributed by atoms with Gasteiger partial charge < -0.3 is 9.64 Å². The van der Waals surface area contributed by atoms with Crippen molar-refractivity contribution >= 4 is 11.9 Å². The van der Waals surface area contributed by atoms with Crippen molar-refractivity contribution in [1.29, 1.82) is 0 Å². The first-order valence-corrected chi connectivity index (χ1v) is 6.81. The van der Waals surface area contributed by atoms with E-state index in [1.165, 1.54) is 39.2 Å². The molecule has 1 fully saturated rings. The fourth-order valence-corrected chi connectivity index (χ4v) is 2.59. The maximum atomic E-state index is 5.39. The molecule has 2 rings (SSSR count). The SMILES string of the molecule is CCN(c1nc(NN)nc(OC)n1)C1CCCCC1. The van der Waals surface area contributed by atoms with Crippen LogP contribution < -0.4 is 20.9 Å². The molecule has 1 heterocycles. The Hall–Kier alpha value is -1.63. The second kappa shape index (κ2) is 6.51. The zero-order valence-corrected chi connectivity index (χ0v) is 11.6. The first-order chi connectivity index (χ1) is 9.28. The molecule has 7 heteroatoms. The quantitative estimate of drug-likeness (QED) is 0.613. The highest BCUT2D eigenvalue weighted by Crippen LogP contribution is 2.26. The molecule has 1 saturated carbocycles. The molecule has 0 spiro atoms. The van der Waals surface area contributed by atoms with Crippen LogP contribution in [0.5, 0.6) is 6.01 Å². The summed E-state index contributed by atoms with van der Waals surface area (Å²) < 4.78 is 5.09. The largest absolute Gasteiger partial charge is 0.467 e. The number of nitrogens with two attached hydrogens (primary N) is 1. The number of anilines is 2. The molecule has 1 aromatic rings. The summed E-state index contributed by atoms with van der Waals surface area (Å²) in [5.41, 5.74) is 2.46. The highest BCUT2D eigenvalue weighted by molar-refractivity contribution is 5.38. The summed E-state index contributed by atoms with van der Waals surface area (Å²) in [6, 6.07) is 0.781. The molecule has 1 aliphatic rings. The summed E-state index contributed by atoms with van der Waals surface area (Å²) >= 11 is 0. The summed E-state index contributed by atoms with van der Waals surface area (Å²) in [4.78, 5) is 14.9. The van der Waals surface area contributed by atoms with Crippen molar-refractivity contribution in [2.75, 3.05) is 24.0 Å². The summed E-state index contributed by atoms with van der Waals surface area (Å²) in [6.07, 6.45) is 6.24. The predicted octanol–water partition coefficient (Wildman–Crippen LogP) is 1.32. The minimum absolute atomic E-state index is 0.284. The smallest absolute Gasteiger partial charge is 0.322 e. The zero-order valence-electron chi connectivity index (χ0n) is 11.6. The molecule has 0 unspecified atom stereocenters. The minimum atomic E-state index is 0.284. The number of nitrogens with one attached hydrogen (secondary N) is 1. The Bertz CT molecular complexity index is 385. The lowest BCUT2D eigenvalue weighted by Gasteiger charge is -2.33. The van der Waals surface area contributed by atoms with E-state index in [4.69, 9.17) is 10.6 Å². The van der Waals surface area contributed by atoms with Gasteiger partial charge in [0.15, 0.2) is 0 Å². The Morgan fingerprint density at radius 2 is 2.00 bits per heavy atom. The number of hydrogen-bond acceptors (Lipinski definition) is 7. The second-order valence-electron chi connectivity index (χ2n) is 4.67. The van der Waals surface area contributed by atoms with Gasteiger partial charge in [-0.25, -0.2) is 5.84 Å². The lowest BCUT2D eigenvalue weighted by Crippen LogP contribution is -2.38. The van der Waals surface area contributed by atoms with Crippen molar-refractivity contribution in [1.82, 2.24) is 15.0 Å². The first-order valence-electron chi connectivity index (χ1n) is 6.81. The topological polar surface area (TPSA) is 89.2 Å². The molecule has 0 saturated heterocycles. The molecule has 0 amide bonds. The van der Waals surface area contributed by atoms with E-state index in [1.54, 1.807) is 0 Å². The van der Waals surface area contributed by atoms with E-state index in [0.29, 0.717) is 17.9 Å². The number of hydrogen-bond donors (Lipinski definition) is 2. The van der Waals surface area contributed by atoms with E-state index in [9.17, 15) is 0 Å². The monoisotopic (exact) mass is 266 g/mol. The third-order valence-electron chi connectivity index (χ3n) is 3.53. The molecule has 1 aromatic heterocycles. The first kappa shape index (κ1) is 13.8. The van der Waals surface area contributed by atoms with E-state index < -0.39 is 0 Å². The standard InChI is InChI=1S/C12H22N6O/c1-3-18(9-7-5-4-6-8-9)11-14-10(17-13)15-12(16-11)19-2/h9H,3-8,13H2,1-2H3,(H,14,15,16,17). The van der Waals surface area contributed by atoms with Crippen LogP contribution in [-0.2, 0) is 0 Å². The Balaban J connectivity index is 2.25. The average molecular weight is 266 g/mol. The van der Waals surface area contributed by atoms with Crippen LogP contribution in [0, 0.1) is 0 Å². The average Bonchev–Trinajstić information content (AvgIpc) is 2.48. The maximum Gasteiger partial charge on any atom is 0.322 e. The fraction of sp³-hybridized carbons (Fsp3) is 0.750. The highest BCUT2D eigenvalue weighted by Gasteiger charge is 2.23.